The number of likely N-dealkylation sites (tertiary alicyclic amines) is 1. The van der Waals surface area contributed by atoms with Crippen LogP contribution in [-0.4, -0.2) is 35.1 Å². The molecular weight excluding hydrogens is 316 g/mol. The van der Waals surface area contributed by atoms with Crippen LogP contribution in [0.2, 0.25) is 5.02 Å². The van der Waals surface area contributed by atoms with Crippen molar-refractivity contribution in [1.29, 1.82) is 0 Å². The van der Waals surface area contributed by atoms with Gasteiger partial charge in [-0.3, -0.25) is 4.79 Å². The third-order valence-electron chi connectivity index (χ3n) is 5.29. The van der Waals surface area contributed by atoms with Crippen LogP contribution in [0, 0.1) is 11.3 Å². The number of carboxylic acids is 1. The summed E-state index contributed by atoms with van der Waals surface area (Å²) < 4.78 is 0. The zero-order valence-corrected chi connectivity index (χ0v) is 13.8. The van der Waals surface area contributed by atoms with Crippen molar-refractivity contribution in [3.05, 3.63) is 34.9 Å². The Bertz CT molecular complexity index is 619. The van der Waals surface area contributed by atoms with E-state index in [1.54, 1.807) is 17.0 Å². The van der Waals surface area contributed by atoms with E-state index in [2.05, 4.69) is 5.32 Å². The third-order valence-corrected chi connectivity index (χ3v) is 5.55. The summed E-state index contributed by atoms with van der Waals surface area (Å²) >= 11 is 5.87. The number of carbonyl (C=O) groups excluding carboxylic acids is 1. The molecule has 2 N–H and O–H groups in total. The topological polar surface area (TPSA) is 69.6 Å². The maximum absolute atomic E-state index is 12.5. The molecule has 124 valence electrons. The third kappa shape index (κ3) is 2.90. The first-order chi connectivity index (χ1) is 10.9. The number of hydrogen-bond donors (Lipinski definition) is 2. The van der Waals surface area contributed by atoms with Crippen molar-refractivity contribution in [3.63, 3.8) is 0 Å². The van der Waals surface area contributed by atoms with E-state index in [1.807, 2.05) is 19.1 Å². The van der Waals surface area contributed by atoms with Gasteiger partial charge in [-0.15, -0.1) is 0 Å². The number of nitrogens with one attached hydrogen (secondary N) is 1. The Morgan fingerprint density at radius 1 is 1.39 bits per heavy atom. The van der Waals surface area contributed by atoms with Crippen molar-refractivity contribution in [2.75, 3.05) is 13.1 Å². The fourth-order valence-corrected chi connectivity index (χ4v) is 4.03. The zero-order chi connectivity index (χ0) is 16.6. The number of aliphatic carboxylic acids is 1. The maximum Gasteiger partial charge on any atom is 0.317 e. The summed E-state index contributed by atoms with van der Waals surface area (Å²) in [7, 11) is 0. The smallest absolute Gasteiger partial charge is 0.317 e. The minimum Gasteiger partial charge on any atom is -0.481 e. The van der Waals surface area contributed by atoms with Gasteiger partial charge in [-0.2, -0.15) is 0 Å². The van der Waals surface area contributed by atoms with Crippen molar-refractivity contribution in [2.45, 2.75) is 32.2 Å². The van der Waals surface area contributed by atoms with E-state index in [0.29, 0.717) is 24.5 Å². The van der Waals surface area contributed by atoms with Gasteiger partial charge in [0.2, 0.25) is 0 Å². The summed E-state index contributed by atoms with van der Waals surface area (Å²) in [6.07, 6.45) is 2.50. The monoisotopic (exact) mass is 336 g/mol. The average Bonchev–Trinajstić information content (AvgIpc) is 3.05. The molecule has 1 heterocycles. The van der Waals surface area contributed by atoms with Gasteiger partial charge < -0.3 is 15.3 Å². The summed E-state index contributed by atoms with van der Waals surface area (Å²) in [5.41, 5.74) is 0.232. The molecule has 5 nitrogen and oxygen atoms in total. The lowest BCUT2D eigenvalue weighted by atomic mass is 9.81. The number of halogens is 1. The zero-order valence-electron chi connectivity index (χ0n) is 13.1. The van der Waals surface area contributed by atoms with E-state index in [9.17, 15) is 14.7 Å². The molecule has 0 radical (unpaired) electrons. The van der Waals surface area contributed by atoms with Crippen LogP contribution in [0.3, 0.4) is 0 Å². The van der Waals surface area contributed by atoms with Gasteiger partial charge in [0.1, 0.15) is 0 Å². The lowest BCUT2D eigenvalue weighted by molar-refractivity contribution is -0.149. The fraction of sp³-hybridized carbons (Fsp3) is 0.529. The molecule has 3 atom stereocenters. The van der Waals surface area contributed by atoms with Gasteiger partial charge in [-0.25, -0.2) is 4.79 Å². The molecule has 1 aliphatic carbocycles. The first-order valence-electron chi connectivity index (χ1n) is 7.97. The number of carbonyl (C=O) groups is 2. The number of carboxylic acid groups (broad SMARTS) is 1. The Morgan fingerprint density at radius 2 is 2.09 bits per heavy atom. The van der Waals surface area contributed by atoms with E-state index in [1.165, 1.54) is 0 Å². The van der Waals surface area contributed by atoms with E-state index in [0.717, 1.165) is 18.4 Å². The summed E-state index contributed by atoms with van der Waals surface area (Å²) in [4.78, 5) is 25.8. The number of rotatable bonds is 3. The molecule has 1 saturated carbocycles. The van der Waals surface area contributed by atoms with Crippen molar-refractivity contribution in [2.24, 2.45) is 11.3 Å². The number of amides is 2. The average molecular weight is 337 g/mol. The molecule has 1 aromatic carbocycles. The Balaban J connectivity index is 1.65. The van der Waals surface area contributed by atoms with Crippen LogP contribution in [0.1, 0.15) is 37.8 Å². The van der Waals surface area contributed by atoms with Crippen LogP contribution < -0.4 is 5.32 Å². The van der Waals surface area contributed by atoms with E-state index >= 15 is 0 Å². The van der Waals surface area contributed by atoms with Crippen molar-refractivity contribution in [1.82, 2.24) is 10.2 Å². The van der Waals surface area contributed by atoms with Crippen LogP contribution in [0.5, 0.6) is 0 Å². The largest absolute Gasteiger partial charge is 0.481 e. The van der Waals surface area contributed by atoms with Gasteiger partial charge >= 0.3 is 12.0 Å². The quantitative estimate of drug-likeness (QED) is 0.889. The predicted molar refractivity (Wildman–Crippen MR) is 87.4 cm³/mol. The highest BCUT2D eigenvalue weighted by Crippen LogP contribution is 2.48. The minimum atomic E-state index is -0.763. The Morgan fingerprint density at radius 3 is 2.70 bits per heavy atom. The summed E-state index contributed by atoms with van der Waals surface area (Å²) in [5, 5.41) is 13.2. The number of nitrogens with zero attached hydrogens (tertiary/aromatic N) is 1. The van der Waals surface area contributed by atoms with Gasteiger partial charge in [0, 0.05) is 18.1 Å². The van der Waals surface area contributed by atoms with Gasteiger partial charge in [0.25, 0.3) is 0 Å². The molecule has 0 aromatic heterocycles. The van der Waals surface area contributed by atoms with Gasteiger partial charge in [-0.05, 0) is 43.4 Å². The second kappa shape index (κ2) is 6.04. The van der Waals surface area contributed by atoms with Crippen molar-refractivity contribution >= 4 is 23.6 Å². The molecule has 2 fully saturated rings. The first-order valence-corrected chi connectivity index (χ1v) is 8.34. The van der Waals surface area contributed by atoms with Crippen molar-refractivity contribution < 1.29 is 14.7 Å². The number of hydrogen-bond acceptors (Lipinski definition) is 2. The van der Waals surface area contributed by atoms with Gasteiger partial charge in [0.15, 0.2) is 0 Å². The number of urea groups is 1. The molecule has 23 heavy (non-hydrogen) atoms. The molecule has 1 saturated heterocycles. The van der Waals surface area contributed by atoms with Crippen LogP contribution >= 0.6 is 11.6 Å². The standard InChI is InChI=1S/C17H21ClN2O3/c1-11(12-4-6-14(18)7-5-12)19-16(23)20-9-13-3-2-8-17(13,10-20)15(21)22/h4-7,11,13H,2-3,8-10H2,1H3,(H,19,23)(H,21,22)/t11?,13-,17+/m0/s1. The van der Waals surface area contributed by atoms with Crippen molar-refractivity contribution in [3.8, 4) is 0 Å². The highest BCUT2D eigenvalue weighted by molar-refractivity contribution is 6.30. The molecule has 2 aliphatic rings. The summed E-state index contributed by atoms with van der Waals surface area (Å²) in [5.74, 6) is -0.683. The fourth-order valence-electron chi connectivity index (χ4n) is 3.90. The molecule has 6 heteroatoms. The molecule has 2 amide bonds. The molecule has 0 bridgehead atoms. The van der Waals surface area contributed by atoms with Crippen LogP contribution in [0.15, 0.2) is 24.3 Å². The lowest BCUT2D eigenvalue weighted by Crippen LogP contribution is -2.42. The Labute approximate surface area is 140 Å². The Hall–Kier alpha value is -1.75. The summed E-state index contributed by atoms with van der Waals surface area (Å²) in [6.45, 7) is 2.75. The van der Waals surface area contributed by atoms with Crippen LogP contribution in [0.4, 0.5) is 4.79 Å². The van der Waals surface area contributed by atoms with E-state index < -0.39 is 11.4 Å². The first kappa shape index (κ1) is 16.1. The lowest BCUT2D eigenvalue weighted by Gasteiger charge is -2.24. The number of fused-ring (bicyclic) bond motifs is 1. The molecular formula is C17H21ClN2O3. The Kier molecular flexibility index (Phi) is 4.23. The van der Waals surface area contributed by atoms with E-state index in [-0.39, 0.29) is 18.0 Å². The molecule has 3 rings (SSSR count). The van der Waals surface area contributed by atoms with E-state index in [4.69, 9.17) is 11.6 Å². The molecule has 1 aliphatic heterocycles. The van der Waals surface area contributed by atoms with Crippen LogP contribution in [-0.2, 0) is 4.79 Å². The molecule has 1 unspecified atom stereocenters. The SMILES string of the molecule is CC(NC(=O)N1C[C@@H]2CCC[C@@]2(C(=O)O)C1)c1ccc(Cl)cc1. The second-order valence-electron chi connectivity index (χ2n) is 6.65. The minimum absolute atomic E-state index is 0.0802. The van der Waals surface area contributed by atoms with Gasteiger partial charge in [0.05, 0.1) is 11.5 Å². The molecule has 0 spiro atoms. The van der Waals surface area contributed by atoms with Gasteiger partial charge in [-0.1, -0.05) is 30.2 Å². The number of benzene rings is 1. The maximum atomic E-state index is 12.5. The summed E-state index contributed by atoms with van der Waals surface area (Å²) in [6, 6.07) is 7.00. The highest BCUT2D eigenvalue weighted by atomic mass is 35.5. The normalized spacial score (nSPS) is 27.6. The molecule has 1 aromatic rings. The highest BCUT2D eigenvalue weighted by Gasteiger charge is 2.55. The predicted octanol–water partition coefficient (Wildman–Crippen LogP) is 3.30. The van der Waals surface area contributed by atoms with Crippen LogP contribution in [0.25, 0.3) is 0 Å². The second-order valence-corrected chi connectivity index (χ2v) is 7.09.